The number of ether oxygens (including phenoxy) is 1. The van der Waals surface area contributed by atoms with E-state index in [1.807, 2.05) is 0 Å². The quantitative estimate of drug-likeness (QED) is 0.659. The third-order valence-electron chi connectivity index (χ3n) is 2.04. The zero-order valence-corrected chi connectivity index (χ0v) is 9.59. The highest BCUT2D eigenvalue weighted by atomic mass is 16.5. The van der Waals surface area contributed by atoms with Crippen molar-refractivity contribution >= 4 is 11.8 Å². The van der Waals surface area contributed by atoms with Crippen LogP contribution in [-0.2, 0) is 20.9 Å². The van der Waals surface area contributed by atoms with Crippen LogP contribution >= 0.6 is 0 Å². The van der Waals surface area contributed by atoms with Crippen molar-refractivity contribution in [2.45, 2.75) is 26.3 Å². The summed E-state index contributed by atoms with van der Waals surface area (Å²) in [5, 5.41) is 0. The molecule has 0 aromatic carbocycles. The van der Waals surface area contributed by atoms with E-state index in [9.17, 15) is 14.4 Å². The maximum absolute atomic E-state index is 11.5. The van der Waals surface area contributed by atoms with Crippen LogP contribution < -0.4 is 5.69 Å². The van der Waals surface area contributed by atoms with E-state index >= 15 is 0 Å². The van der Waals surface area contributed by atoms with E-state index in [4.69, 9.17) is 4.74 Å². The molecule has 0 unspecified atom stereocenters. The highest BCUT2D eigenvalue weighted by molar-refractivity contribution is 5.82. The number of ketones is 1. The Balaban J connectivity index is 2.43. The van der Waals surface area contributed by atoms with Gasteiger partial charge in [-0.05, 0) is 13.0 Å². The zero-order valence-electron chi connectivity index (χ0n) is 9.59. The lowest BCUT2D eigenvalue weighted by molar-refractivity contribution is -0.144. The molecule has 92 valence electrons. The van der Waals surface area contributed by atoms with E-state index in [1.165, 1.54) is 17.0 Å². The van der Waals surface area contributed by atoms with Gasteiger partial charge in [0.1, 0.15) is 0 Å². The fourth-order valence-corrected chi connectivity index (χ4v) is 1.25. The second-order valence-electron chi connectivity index (χ2n) is 3.37. The molecule has 0 radical (unpaired) electrons. The van der Waals surface area contributed by atoms with Gasteiger partial charge < -0.3 is 4.74 Å². The van der Waals surface area contributed by atoms with Crippen LogP contribution in [0.15, 0.2) is 23.3 Å². The Morgan fingerprint density at radius 2 is 2.18 bits per heavy atom. The van der Waals surface area contributed by atoms with Gasteiger partial charge in [-0.25, -0.2) is 9.78 Å². The van der Waals surface area contributed by atoms with Crippen molar-refractivity contribution in [1.29, 1.82) is 0 Å². The fourth-order valence-electron chi connectivity index (χ4n) is 1.25. The van der Waals surface area contributed by atoms with Crippen LogP contribution in [0.25, 0.3) is 0 Å². The Bertz CT molecular complexity index is 453. The lowest BCUT2D eigenvalue weighted by Crippen LogP contribution is -2.25. The van der Waals surface area contributed by atoms with Crippen LogP contribution in [0, 0.1) is 0 Å². The first-order valence-electron chi connectivity index (χ1n) is 5.32. The van der Waals surface area contributed by atoms with Crippen molar-refractivity contribution in [2.24, 2.45) is 0 Å². The van der Waals surface area contributed by atoms with Crippen LogP contribution in [-0.4, -0.2) is 27.9 Å². The summed E-state index contributed by atoms with van der Waals surface area (Å²) in [7, 11) is 0. The predicted molar refractivity (Wildman–Crippen MR) is 59.4 cm³/mol. The van der Waals surface area contributed by atoms with E-state index in [1.54, 1.807) is 13.0 Å². The third kappa shape index (κ3) is 4.58. The van der Waals surface area contributed by atoms with Gasteiger partial charge in [0.2, 0.25) is 0 Å². The number of rotatable bonds is 6. The molecule has 1 heterocycles. The number of esters is 1. The molecule has 0 aliphatic heterocycles. The molecule has 0 amide bonds. The summed E-state index contributed by atoms with van der Waals surface area (Å²) in [6, 6.07) is 1.57. The lowest BCUT2D eigenvalue weighted by Gasteiger charge is -2.03. The summed E-state index contributed by atoms with van der Waals surface area (Å²) in [4.78, 5) is 37.2. The molecule has 1 rings (SSSR count). The molecule has 0 aliphatic rings. The summed E-state index contributed by atoms with van der Waals surface area (Å²) in [5.74, 6) is -0.604. The normalized spacial score (nSPS) is 9.94. The predicted octanol–water partition coefficient (Wildman–Crippen LogP) is 0.156. The average molecular weight is 238 g/mol. The second-order valence-corrected chi connectivity index (χ2v) is 3.37. The van der Waals surface area contributed by atoms with Gasteiger partial charge >= 0.3 is 11.7 Å². The maximum atomic E-state index is 11.5. The molecule has 1 aromatic heterocycles. The third-order valence-corrected chi connectivity index (χ3v) is 2.04. The molecular formula is C11H14N2O4. The SMILES string of the molecule is CCOC(=O)CCC(=O)Cn1cccnc1=O. The number of Topliss-reactive ketones (excluding diaryl/α,β-unsaturated/α-hetero) is 1. The molecule has 0 spiro atoms. The Hall–Kier alpha value is -1.98. The van der Waals surface area contributed by atoms with Crippen molar-refractivity contribution in [3.05, 3.63) is 28.9 Å². The van der Waals surface area contributed by atoms with Crippen molar-refractivity contribution in [2.75, 3.05) is 6.61 Å². The average Bonchev–Trinajstić information content (AvgIpc) is 2.30. The summed E-state index contributed by atoms with van der Waals surface area (Å²) >= 11 is 0. The Morgan fingerprint density at radius 3 is 2.82 bits per heavy atom. The van der Waals surface area contributed by atoms with Crippen molar-refractivity contribution in [3.63, 3.8) is 0 Å². The molecule has 6 heteroatoms. The molecule has 1 aromatic rings. The van der Waals surface area contributed by atoms with Crippen LogP contribution in [0.4, 0.5) is 0 Å². The highest BCUT2D eigenvalue weighted by Gasteiger charge is 2.08. The summed E-state index contributed by atoms with van der Waals surface area (Å²) in [6.07, 6.45) is 2.96. The first kappa shape index (κ1) is 13.1. The fraction of sp³-hybridized carbons (Fsp3) is 0.455. The Kier molecular flexibility index (Phi) is 5.06. The molecule has 0 N–H and O–H groups in total. The molecule has 0 saturated heterocycles. The van der Waals surface area contributed by atoms with E-state index < -0.39 is 11.7 Å². The van der Waals surface area contributed by atoms with Crippen LogP contribution in [0.3, 0.4) is 0 Å². The number of carbonyl (C=O) groups is 2. The first-order chi connectivity index (χ1) is 8.13. The lowest BCUT2D eigenvalue weighted by atomic mass is 10.2. The van der Waals surface area contributed by atoms with Gasteiger partial charge in [-0.1, -0.05) is 0 Å². The first-order valence-corrected chi connectivity index (χ1v) is 5.32. The van der Waals surface area contributed by atoms with E-state index in [0.717, 1.165) is 0 Å². The minimum absolute atomic E-state index is 0.0433. The van der Waals surface area contributed by atoms with Crippen LogP contribution in [0.2, 0.25) is 0 Å². The van der Waals surface area contributed by atoms with Crippen molar-refractivity contribution in [1.82, 2.24) is 9.55 Å². The van der Waals surface area contributed by atoms with Gasteiger partial charge in [-0.15, -0.1) is 0 Å². The second kappa shape index (κ2) is 6.57. The number of hydrogen-bond acceptors (Lipinski definition) is 5. The molecule has 0 fully saturated rings. The molecular weight excluding hydrogens is 224 g/mol. The number of carbonyl (C=O) groups excluding carboxylic acids is 2. The van der Waals surface area contributed by atoms with Crippen LogP contribution in [0.1, 0.15) is 19.8 Å². The monoisotopic (exact) mass is 238 g/mol. The molecule has 6 nitrogen and oxygen atoms in total. The van der Waals surface area contributed by atoms with Gasteiger partial charge in [0.15, 0.2) is 5.78 Å². The van der Waals surface area contributed by atoms with Gasteiger partial charge in [-0.3, -0.25) is 14.2 Å². The van der Waals surface area contributed by atoms with Crippen LogP contribution in [0.5, 0.6) is 0 Å². The summed E-state index contributed by atoms with van der Waals surface area (Å²) in [5.41, 5.74) is -0.475. The van der Waals surface area contributed by atoms with E-state index in [0.29, 0.717) is 6.61 Å². The van der Waals surface area contributed by atoms with Crippen molar-refractivity contribution in [3.8, 4) is 0 Å². The number of hydrogen-bond donors (Lipinski definition) is 0. The van der Waals surface area contributed by atoms with Gasteiger partial charge in [-0.2, -0.15) is 0 Å². The topological polar surface area (TPSA) is 78.3 Å². The van der Waals surface area contributed by atoms with Gasteiger partial charge in [0.05, 0.1) is 19.6 Å². The Labute approximate surface area is 98.2 Å². The minimum Gasteiger partial charge on any atom is -0.466 e. The molecule has 0 atom stereocenters. The minimum atomic E-state index is -0.475. The van der Waals surface area contributed by atoms with Gasteiger partial charge in [0, 0.05) is 18.8 Å². The molecule has 0 bridgehead atoms. The maximum Gasteiger partial charge on any atom is 0.347 e. The number of nitrogens with zero attached hydrogens (tertiary/aromatic N) is 2. The summed E-state index contributed by atoms with van der Waals surface area (Å²) < 4.78 is 5.90. The zero-order chi connectivity index (χ0) is 12.7. The summed E-state index contributed by atoms with van der Waals surface area (Å²) in [6.45, 7) is 1.94. The number of aromatic nitrogens is 2. The Morgan fingerprint density at radius 1 is 1.41 bits per heavy atom. The van der Waals surface area contributed by atoms with Crippen molar-refractivity contribution < 1.29 is 14.3 Å². The smallest absolute Gasteiger partial charge is 0.347 e. The standard InChI is InChI=1S/C11H14N2O4/c1-2-17-10(15)5-4-9(14)8-13-7-3-6-12-11(13)16/h3,6-7H,2,4-5,8H2,1H3. The molecule has 0 aliphatic carbocycles. The van der Waals surface area contributed by atoms with E-state index in [2.05, 4.69) is 4.98 Å². The molecule has 0 saturated carbocycles. The van der Waals surface area contributed by atoms with E-state index in [-0.39, 0.29) is 25.2 Å². The largest absolute Gasteiger partial charge is 0.466 e. The molecule has 17 heavy (non-hydrogen) atoms. The van der Waals surface area contributed by atoms with Gasteiger partial charge in [0.25, 0.3) is 0 Å². The highest BCUT2D eigenvalue weighted by Crippen LogP contribution is 1.96.